The minimum atomic E-state index is 0.221. The molecule has 1 aliphatic heterocycles. The van der Waals surface area contributed by atoms with Gasteiger partial charge in [-0.2, -0.15) is 0 Å². The maximum Gasteiger partial charge on any atom is 0.223 e. The first-order valence-corrected chi connectivity index (χ1v) is 6.69. The van der Waals surface area contributed by atoms with Crippen molar-refractivity contribution < 1.29 is 4.79 Å². The SMILES string of the molecule is CN(CCC(=O)N(C)C)CCC1CCNCC1. The van der Waals surface area contributed by atoms with E-state index in [1.165, 1.54) is 32.4 Å². The van der Waals surface area contributed by atoms with Gasteiger partial charge in [0.1, 0.15) is 0 Å². The van der Waals surface area contributed by atoms with Crippen LogP contribution in [0.25, 0.3) is 0 Å². The van der Waals surface area contributed by atoms with Crippen LogP contribution >= 0.6 is 0 Å². The smallest absolute Gasteiger partial charge is 0.223 e. The molecule has 17 heavy (non-hydrogen) atoms. The summed E-state index contributed by atoms with van der Waals surface area (Å²) in [6.07, 6.45) is 4.53. The van der Waals surface area contributed by atoms with Crippen LogP contribution in [-0.2, 0) is 4.79 Å². The average Bonchev–Trinajstić information content (AvgIpc) is 2.34. The average molecular weight is 241 g/mol. The molecule has 0 aromatic carbocycles. The van der Waals surface area contributed by atoms with Crippen molar-refractivity contribution in [3.05, 3.63) is 0 Å². The highest BCUT2D eigenvalue weighted by Crippen LogP contribution is 2.15. The minimum Gasteiger partial charge on any atom is -0.349 e. The standard InChI is InChI=1S/C13H27N3O/c1-15(2)13(17)7-11-16(3)10-6-12-4-8-14-9-5-12/h12,14H,4-11H2,1-3H3. The quantitative estimate of drug-likeness (QED) is 0.747. The topological polar surface area (TPSA) is 35.6 Å². The van der Waals surface area contributed by atoms with E-state index in [1.54, 1.807) is 4.90 Å². The van der Waals surface area contributed by atoms with Crippen LogP contribution in [-0.4, -0.2) is 63.0 Å². The van der Waals surface area contributed by atoms with Gasteiger partial charge in [-0.3, -0.25) is 4.79 Å². The van der Waals surface area contributed by atoms with Crippen LogP contribution < -0.4 is 5.32 Å². The first-order chi connectivity index (χ1) is 8.09. The first-order valence-electron chi connectivity index (χ1n) is 6.69. The van der Waals surface area contributed by atoms with Crippen molar-refractivity contribution in [2.75, 3.05) is 47.3 Å². The number of carbonyl (C=O) groups excluding carboxylic acids is 1. The number of amides is 1. The summed E-state index contributed by atoms with van der Waals surface area (Å²) in [4.78, 5) is 15.4. The van der Waals surface area contributed by atoms with Crippen LogP contribution in [0.15, 0.2) is 0 Å². The van der Waals surface area contributed by atoms with E-state index in [4.69, 9.17) is 0 Å². The Kier molecular flexibility index (Phi) is 6.52. The molecule has 1 saturated heterocycles. The van der Waals surface area contributed by atoms with Gasteiger partial charge in [0.05, 0.1) is 0 Å². The third kappa shape index (κ3) is 6.03. The fraction of sp³-hybridized carbons (Fsp3) is 0.923. The van der Waals surface area contributed by atoms with E-state index >= 15 is 0 Å². The van der Waals surface area contributed by atoms with E-state index in [0.29, 0.717) is 6.42 Å². The zero-order chi connectivity index (χ0) is 12.7. The summed E-state index contributed by atoms with van der Waals surface area (Å²) in [7, 11) is 5.75. The van der Waals surface area contributed by atoms with Gasteiger partial charge >= 0.3 is 0 Å². The van der Waals surface area contributed by atoms with E-state index in [-0.39, 0.29) is 5.91 Å². The molecule has 0 aromatic rings. The second kappa shape index (κ2) is 7.67. The first kappa shape index (κ1) is 14.5. The Labute approximate surface area is 105 Å². The van der Waals surface area contributed by atoms with Crippen LogP contribution in [0.5, 0.6) is 0 Å². The van der Waals surface area contributed by atoms with Crippen molar-refractivity contribution in [1.29, 1.82) is 0 Å². The number of nitrogens with one attached hydrogen (secondary N) is 1. The number of nitrogens with zero attached hydrogens (tertiary/aromatic N) is 2. The van der Waals surface area contributed by atoms with Crippen molar-refractivity contribution in [3.63, 3.8) is 0 Å². The van der Waals surface area contributed by atoms with Gasteiger partial charge in [-0.1, -0.05) is 0 Å². The molecule has 4 heteroatoms. The van der Waals surface area contributed by atoms with Crippen LogP contribution in [0.4, 0.5) is 0 Å². The van der Waals surface area contributed by atoms with Gasteiger partial charge in [0.15, 0.2) is 0 Å². The zero-order valence-electron chi connectivity index (χ0n) is 11.5. The monoisotopic (exact) mass is 241 g/mol. The highest BCUT2D eigenvalue weighted by atomic mass is 16.2. The third-order valence-corrected chi connectivity index (χ3v) is 3.58. The molecule has 0 saturated carbocycles. The molecule has 0 bridgehead atoms. The van der Waals surface area contributed by atoms with Crippen molar-refractivity contribution in [3.8, 4) is 0 Å². The van der Waals surface area contributed by atoms with Crippen molar-refractivity contribution in [1.82, 2.24) is 15.1 Å². The summed E-state index contributed by atoms with van der Waals surface area (Å²) in [5.41, 5.74) is 0. The largest absolute Gasteiger partial charge is 0.349 e. The normalized spacial score (nSPS) is 17.4. The molecule has 1 rings (SSSR count). The summed E-state index contributed by atoms with van der Waals surface area (Å²) in [6.45, 7) is 4.34. The fourth-order valence-corrected chi connectivity index (χ4v) is 2.20. The third-order valence-electron chi connectivity index (χ3n) is 3.58. The van der Waals surface area contributed by atoms with Crippen molar-refractivity contribution in [2.24, 2.45) is 5.92 Å². The molecule has 1 heterocycles. The van der Waals surface area contributed by atoms with Crippen molar-refractivity contribution >= 4 is 5.91 Å². The summed E-state index contributed by atoms with van der Waals surface area (Å²) in [5.74, 6) is 1.10. The predicted octanol–water partition coefficient (Wildman–Crippen LogP) is 0.786. The highest BCUT2D eigenvalue weighted by Gasteiger charge is 2.13. The van der Waals surface area contributed by atoms with E-state index in [0.717, 1.165) is 19.0 Å². The molecule has 0 radical (unpaired) electrons. The van der Waals surface area contributed by atoms with Crippen LogP contribution in [0.2, 0.25) is 0 Å². The Hall–Kier alpha value is -0.610. The molecule has 0 aromatic heterocycles. The van der Waals surface area contributed by atoms with Gasteiger partial charge < -0.3 is 15.1 Å². The van der Waals surface area contributed by atoms with Gasteiger partial charge in [-0.05, 0) is 51.9 Å². The molecule has 0 unspecified atom stereocenters. The Balaban J connectivity index is 2.07. The van der Waals surface area contributed by atoms with Gasteiger partial charge in [0, 0.05) is 27.1 Å². The van der Waals surface area contributed by atoms with Crippen LogP contribution in [0.3, 0.4) is 0 Å². The molecule has 0 spiro atoms. The molecule has 1 amide bonds. The highest BCUT2D eigenvalue weighted by molar-refractivity contribution is 5.75. The van der Waals surface area contributed by atoms with Gasteiger partial charge in [0.25, 0.3) is 0 Å². The fourth-order valence-electron chi connectivity index (χ4n) is 2.20. The van der Waals surface area contributed by atoms with Gasteiger partial charge in [-0.15, -0.1) is 0 Å². The molecular weight excluding hydrogens is 214 g/mol. The Morgan fingerprint density at radius 1 is 1.18 bits per heavy atom. The lowest BCUT2D eigenvalue weighted by Crippen LogP contribution is -2.32. The Morgan fingerprint density at radius 2 is 1.82 bits per heavy atom. The lowest BCUT2D eigenvalue weighted by molar-refractivity contribution is -0.128. The lowest BCUT2D eigenvalue weighted by atomic mass is 9.94. The number of carbonyl (C=O) groups is 1. The minimum absolute atomic E-state index is 0.221. The Bertz CT molecular complexity index is 225. The summed E-state index contributed by atoms with van der Waals surface area (Å²) < 4.78 is 0. The number of piperidine rings is 1. The molecule has 1 N–H and O–H groups in total. The van der Waals surface area contributed by atoms with E-state index < -0.39 is 0 Å². The second-order valence-electron chi connectivity index (χ2n) is 5.32. The molecule has 4 nitrogen and oxygen atoms in total. The zero-order valence-corrected chi connectivity index (χ0v) is 11.5. The van der Waals surface area contributed by atoms with Crippen LogP contribution in [0, 0.1) is 5.92 Å². The molecule has 1 fully saturated rings. The van der Waals surface area contributed by atoms with E-state index in [9.17, 15) is 4.79 Å². The molecule has 0 aliphatic carbocycles. The number of rotatable bonds is 6. The molecule has 1 aliphatic rings. The van der Waals surface area contributed by atoms with E-state index in [2.05, 4.69) is 17.3 Å². The second-order valence-corrected chi connectivity index (χ2v) is 5.32. The molecular formula is C13H27N3O. The number of hydrogen-bond donors (Lipinski definition) is 1. The van der Waals surface area contributed by atoms with Gasteiger partial charge in [-0.25, -0.2) is 0 Å². The van der Waals surface area contributed by atoms with Crippen LogP contribution in [0.1, 0.15) is 25.7 Å². The molecule has 0 atom stereocenters. The maximum atomic E-state index is 11.4. The Morgan fingerprint density at radius 3 is 2.41 bits per heavy atom. The summed E-state index contributed by atoms with van der Waals surface area (Å²) in [6, 6.07) is 0. The van der Waals surface area contributed by atoms with Crippen molar-refractivity contribution in [2.45, 2.75) is 25.7 Å². The van der Waals surface area contributed by atoms with E-state index in [1.807, 2.05) is 14.1 Å². The summed E-state index contributed by atoms with van der Waals surface area (Å²) in [5, 5.41) is 3.39. The maximum absolute atomic E-state index is 11.4. The molecule has 100 valence electrons. The lowest BCUT2D eigenvalue weighted by Gasteiger charge is -2.25. The van der Waals surface area contributed by atoms with Gasteiger partial charge in [0.2, 0.25) is 5.91 Å². The number of hydrogen-bond acceptors (Lipinski definition) is 3. The predicted molar refractivity (Wildman–Crippen MR) is 71.0 cm³/mol. The summed E-state index contributed by atoms with van der Waals surface area (Å²) >= 11 is 0.